The van der Waals surface area contributed by atoms with Crippen LogP contribution in [0.2, 0.25) is 5.02 Å². The molecule has 0 spiro atoms. The van der Waals surface area contributed by atoms with Crippen LogP contribution in [0, 0.1) is 6.92 Å². The molecule has 27 heavy (non-hydrogen) atoms. The molecule has 0 aromatic heterocycles. The first-order valence-corrected chi connectivity index (χ1v) is 9.15. The molecule has 0 amide bonds. The molecule has 0 fully saturated rings. The Balaban J connectivity index is 1.70. The Kier molecular flexibility index (Phi) is 4.91. The molecule has 140 valence electrons. The zero-order valence-corrected chi connectivity index (χ0v) is 16.0. The molecule has 5 nitrogen and oxygen atoms in total. The van der Waals surface area contributed by atoms with Crippen molar-refractivity contribution < 1.29 is 19.0 Å². The molecule has 0 saturated heterocycles. The van der Waals surface area contributed by atoms with Crippen molar-refractivity contribution in [3.8, 4) is 11.5 Å². The summed E-state index contributed by atoms with van der Waals surface area (Å²) >= 11 is 6.05. The zero-order chi connectivity index (χ0) is 19.0. The zero-order valence-electron chi connectivity index (χ0n) is 15.3. The summed E-state index contributed by atoms with van der Waals surface area (Å²) in [7, 11) is 1.68. The van der Waals surface area contributed by atoms with Gasteiger partial charge in [-0.15, -0.1) is 0 Å². The van der Waals surface area contributed by atoms with Gasteiger partial charge < -0.3 is 14.2 Å². The summed E-state index contributed by atoms with van der Waals surface area (Å²) in [6.45, 7) is 4.42. The van der Waals surface area contributed by atoms with Gasteiger partial charge in [-0.3, -0.25) is 9.69 Å². The van der Waals surface area contributed by atoms with Gasteiger partial charge in [-0.2, -0.15) is 0 Å². The van der Waals surface area contributed by atoms with E-state index >= 15 is 0 Å². The fourth-order valence-corrected chi connectivity index (χ4v) is 3.59. The van der Waals surface area contributed by atoms with Crippen LogP contribution in [0.15, 0.2) is 36.1 Å². The first-order chi connectivity index (χ1) is 13.1. The third kappa shape index (κ3) is 3.46. The number of benzene rings is 2. The van der Waals surface area contributed by atoms with Crippen LogP contribution in [-0.4, -0.2) is 37.7 Å². The summed E-state index contributed by atoms with van der Waals surface area (Å²) in [6.07, 6.45) is 1.73. The summed E-state index contributed by atoms with van der Waals surface area (Å²) in [5, 5.41) is 0.614. The van der Waals surface area contributed by atoms with Gasteiger partial charge in [-0.05, 0) is 42.3 Å². The molecule has 0 atom stereocenters. The predicted octanol–water partition coefficient (Wildman–Crippen LogP) is 4.06. The maximum atomic E-state index is 12.9. The van der Waals surface area contributed by atoms with Crippen molar-refractivity contribution in [3.05, 3.63) is 63.4 Å². The predicted molar refractivity (Wildman–Crippen MR) is 103 cm³/mol. The molecule has 0 N–H and O–H groups in total. The molecule has 2 aromatic carbocycles. The second-order valence-electron chi connectivity index (χ2n) is 6.69. The van der Waals surface area contributed by atoms with Crippen molar-refractivity contribution in [1.82, 2.24) is 4.90 Å². The van der Waals surface area contributed by atoms with E-state index in [4.69, 9.17) is 25.8 Å². The SMILES string of the molecule is COCCN1COc2cc(C)c3c(c2C1)O/C(=C\c1cccc(Cl)c1)C3=O. The van der Waals surface area contributed by atoms with E-state index < -0.39 is 0 Å². The lowest BCUT2D eigenvalue weighted by Gasteiger charge is -2.29. The van der Waals surface area contributed by atoms with Gasteiger partial charge >= 0.3 is 0 Å². The third-order valence-electron chi connectivity index (χ3n) is 4.75. The van der Waals surface area contributed by atoms with Crippen molar-refractivity contribution in [1.29, 1.82) is 0 Å². The van der Waals surface area contributed by atoms with Crippen LogP contribution in [0.1, 0.15) is 27.0 Å². The van der Waals surface area contributed by atoms with Crippen LogP contribution < -0.4 is 9.47 Å². The second kappa shape index (κ2) is 7.35. The largest absolute Gasteiger partial charge is 0.478 e. The molecule has 4 rings (SSSR count). The average molecular weight is 386 g/mol. The van der Waals surface area contributed by atoms with Gasteiger partial charge in [-0.1, -0.05) is 23.7 Å². The number of rotatable bonds is 4. The molecule has 2 aromatic rings. The van der Waals surface area contributed by atoms with E-state index in [-0.39, 0.29) is 5.78 Å². The van der Waals surface area contributed by atoms with Crippen molar-refractivity contribution in [3.63, 3.8) is 0 Å². The van der Waals surface area contributed by atoms with Gasteiger partial charge in [0.2, 0.25) is 5.78 Å². The Morgan fingerprint density at radius 3 is 2.96 bits per heavy atom. The summed E-state index contributed by atoms with van der Waals surface area (Å²) in [5.74, 6) is 1.57. The topological polar surface area (TPSA) is 48.0 Å². The third-order valence-corrected chi connectivity index (χ3v) is 4.98. The molecule has 0 saturated carbocycles. The van der Waals surface area contributed by atoms with Crippen molar-refractivity contribution in [2.24, 2.45) is 0 Å². The summed E-state index contributed by atoms with van der Waals surface area (Å²) in [5.41, 5.74) is 3.19. The number of halogens is 1. The van der Waals surface area contributed by atoms with Crippen LogP contribution in [0.5, 0.6) is 11.5 Å². The Hall–Kier alpha value is -2.34. The summed E-state index contributed by atoms with van der Waals surface area (Å²) in [6, 6.07) is 9.24. The number of carbonyl (C=O) groups is 1. The number of hydrogen-bond donors (Lipinski definition) is 0. The first kappa shape index (κ1) is 18.0. The van der Waals surface area contributed by atoms with E-state index in [0.29, 0.717) is 42.0 Å². The highest BCUT2D eigenvalue weighted by Gasteiger charge is 2.35. The molecule has 2 aliphatic heterocycles. The molecule has 0 bridgehead atoms. The smallest absolute Gasteiger partial charge is 0.232 e. The minimum Gasteiger partial charge on any atom is -0.478 e. The summed E-state index contributed by atoms with van der Waals surface area (Å²) in [4.78, 5) is 15.1. The number of ketones is 1. The Morgan fingerprint density at radius 2 is 2.19 bits per heavy atom. The highest BCUT2D eigenvalue weighted by molar-refractivity contribution is 6.30. The maximum absolute atomic E-state index is 12.9. The van der Waals surface area contributed by atoms with E-state index in [0.717, 1.165) is 29.0 Å². The monoisotopic (exact) mass is 385 g/mol. The van der Waals surface area contributed by atoms with E-state index in [1.807, 2.05) is 25.1 Å². The standard InChI is InChI=1S/C21H20ClNO4/c1-13-8-17-16(11-23(12-26-17)6-7-25-2)21-19(13)20(24)18(27-21)10-14-4-3-5-15(22)9-14/h3-5,8-10H,6-7,11-12H2,1-2H3/b18-10-. The molecule has 6 heteroatoms. The lowest BCUT2D eigenvalue weighted by Crippen LogP contribution is -2.34. The second-order valence-corrected chi connectivity index (χ2v) is 7.12. The number of nitrogens with zero attached hydrogens (tertiary/aromatic N) is 1. The number of Topliss-reactive ketones (excluding diaryl/α,β-unsaturated/α-hetero) is 1. The van der Waals surface area contributed by atoms with Crippen LogP contribution in [-0.2, 0) is 11.3 Å². The molecule has 2 heterocycles. The first-order valence-electron chi connectivity index (χ1n) is 8.77. The number of allylic oxidation sites excluding steroid dienone is 1. The number of aryl methyl sites for hydroxylation is 1. The summed E-state index contributed by atoms with van der Waals surface area (Å²) < 4.78 is 17.1. The highest BCUT2D eigenvalue weighted by Crippen LogP contribution is 2.44. The number of ether oxygens (including phenoxy) is 3. The fourth-order valence-electron chi connectivity index (χ4n) is 3.39. The molecular weight excluding hydrogens is 366 g/mol. The molecule has 0 unspecified atom stereocenters. The van der Waals surface area contributed by atoms with E-state index in [9.17, 15) is 4.79 Å². The Morgan fingerprint density at radius 1 is 1.33 bits per heavy atom. The number of hydrogen-bond acceptors (Lipinski definition) is 5. The lowest BCUT2D eigenvalue weighted by atomic mass is 9.98. The maximum Gasteiger partial charge on any atom is 0.232 e. The van der Waals surface area contributed by atoms with Gasteiger partial charge in [0.25, 0.3) is 0 Å². The minimum atomic E-state index is -0.112. The fraction of sp³-hybridized carbons (Fsp3) is 0.286. The van der Waals surface area contributed by atoms with Gasteiger partial charge in [0, 0.05) is 25.2 Å². The average Bonchev–Trinajstić information content (AvgIpc) is 2.97. The van der Waals surface area contributed by atoms with Gasteiger partial charge in [-0.25, -0.2) is 0 Å². The molecule has 2 aliphatic rings. The molecule has 0 radical (unpaired) electrons. The Labute approximate surface area is 163 Å². The number of carbonyl (C=O) groups excluding carboxylic acids is 1. The number of methoxy groups -OCH3 is 1. The van der Waals surface area contributed by atoms with E-state index in [1.165, 1.54) is 0 Å². The van der Waals surface area contributed by atoms with Gasteiger partial charge in [0.15, 0.2) is 5.76 Å². The van der Waals surface area contributed by atoms with Crippen LogP contribution in [0.4, 0.5) is 0 Å². The van der Waals surface area contributed by atoms with Crippen molar-refractivity contribution >= 4 is 23.5 Å². The van der Waals surface area contributed by atoms with Crippen molar-refractivity contribution in [2.75, 3.05) is 27.0 Å². The quantitative estimate of drug-likeness (QED) is 0.743. The van der Waals surface area contributed by atoms with E-state index in [1.54, 1.807) is 25.3 Å². The van der Waals surface area contributed by atoms with Crippen LogP contribution in [0.3, 0.4) is 0 Å². The molecule has 0 aliphatic carbocycles. The molecular formula is C21H20ClNO4. The van der Waals surface area contributed by atoms with Crippen molar-refractivity contribution in [2.45, 2.75) is 13.5 Å². The highest BCUT2D eigenvalue weighted by atomic mass is 35.5. The lowest BCUT2D eigenvalue weighted by molar-refractivity contribution is 0.0646. The van der Waals surface area contributed by atoms with E-state index in [2.05, 4.69) is 4.90 Å². The van der Waals surface area contributed by atoms with Gasteiger partial charge in [0.1, 0.15) is 18.2 Å². The van der Waals surface area contributed by atoms with Gasteiger partial charge in [0.05, 0.1) is 17.7 Å². The Bertz CT molecular complexity index is 938. The normalized spacial score (nSPS) is 17.4. The van der Waals surface area contributed by atoms with Crippen LogP contribution >= 0.6 is 11.6 Å². The number of fused-ring (bicyclic) bond motifs is 3. The van der Waals surface area contributed by atoms with Crippen LogP contribution in [0.25, 0.3) is 6.08 Å². The minimum absolute atomic E-state index is 0.112.